The fourth-order valence-corrected chi connectivity index (χ4v) is 1.60. The summed E-state index contributed by atoms with van der Waals surface area (Å²) in [6.45, 7) is 3.53. The molecule has 1 aromatic carbocycles. The number of rotatable bonds is 4. The highest BCUT2D eigenvalue weighted by Gasteiger charge is 2.12. The van der Waals surface area contributed by atoms with Gasteiger partial charge in [-0.1, -0.05) is 6.07 Å². The largest absolute Gasteiger partial charge is 0.493 e. The molecule has 0 atom stereocenters. The molecule has 0 N–H and O–H groups in total. The summed E-state index contributed by atoms with van der Waals surface area (Å²) in [5.41, 5.74) is 1.94. The second-order valence-electron chi connectivity index (χ2n) is 3.54. The summed E-state index contributed by atoms with van der Waals surface area (Å²) in [6.07, 6.45) is 0.376. The number of methoxy groups -OCH3 is 2. The van der Waals surface area contributed by atoms with Crippen LogP contribution in [0.1, 0.15) is 18.1 Å². The number of Topliss-reactive ketones (excluding diaryl/α,β-unsaturated/α-hetero) is 1. The number of carbonyl (C=O) groups excluding carboxylic acids is 1. The van der Waals surface area contributed by atoms with Crippen LogP contribution in [0.25, 0.3) is 0 Å². The van der Waals surface area contributed by atoms with Crippen molar-refractivity contribution in [3.8, 4) is 11.5 Å². The van der Waals surface area contributed by atoms with Gasteiger partial charge in [0, 0.05) is 12.0 Å². The molecular formula is C12H16O3. The van der Waals surface area contributed by atoms with Crippen LogP contribution >= 0.6 is 0 Å². The smallest absolute Gasteiger partial charge is 0.164 e. The summed E-state index contributed by atoms with van der Waals surface area (Å²) in [5.74, 6) is 1.44. The van der Waals surface area contributed by atoms with Gasteiger partial charge in [0.05, 0.1) is 14.2 Å². The average Bonchev–Trinajstić information content (AvgIpc) is 2.15. The summed E-state index contributed by atoms with van der Waals surface area (Å²) < 4.78 is 10.4. The second-order valence-corrected chi connectivity index (χ2v) is 3.54. The Labute approximate surface area is 90.0 Å². The van der Waals surface area contributed by atoms with E-state index in [1.807, 2.05) is 19.1 Å². The van der Waals surface area contributed by atoms with Gasteiger partial charge < -0.3 is 9.47 Å². The van der Waals surface area contributed by atoms with E-state index in [4.69, 9.17) is 9.47 Å². The molecule has 0 saturated heterocycles. The topological polar surface area (TPSA) is 35.5 Å². The number of hydrogen-bond acceptors (Lipinski definition) is 3. The van der Waals surface area contributed by atoms with Crippen LogP contribution in [-0.4, -0.2) is 20.0 Å². The summed E-state index contributed by atoms with van der Waals surface area (Å²) in [4.78, 5) is 11.1. The van der Waals surface area contributed by atoms with E-state index >= 15 is 0 Å². The number of aryl methyl sites for hydroxylation is 1. The molecule has 0 aliphatic heterocycles. The van der Waals surface area contributed by atoms with Crippen LogP contribution in [0, 0.1) is 6.92 Å². The Morgan fingerprint density at radius 1 is 1.27 bits per heavy atom. The first-order valence-corrected chi connectivity index (χ1v) is 4.79. The van der Waals surface area contributed by atoms with Gasteiger partial charge in [-0.15, -0.1) is 0 Å². The molecule has 0 aliphatic rings. The highest BCUT2D eigenvalue weighted by molar-refractivity contribution is 5.79. The zero-order chi connectivity index (χ0) is 11.4. The van der Waals surface area contributed by atoms with Crippen molar-refractivity contribution < 1.29 is 14.3 Å². The second kappa shape index (κ2) is 4.82. The van der Waals surface area contributed by atoms with E-state index in [9.17, 15) is 4.79 Å². The van der Waals surface area contributed by atoms with Gasteiger partial charge in [0.2, 0.25) is 0 Å². The zero-order valence-electron chi connectivity index (χ0n) is 9.59. The summed E-state index contributed by atoms with van der Waals surface area (Å²) >= 11 is 0. The third-order valence-electron chi connectivity index (χ3n) is 2.14. The highest BCUT2D eigenvalue weighted by Crippen LogP contribution is 2.32. The number of hydrogen-bond donors (Lipinski definition) is 0. The Morgan fingerprint density at radius 2 is 1.93 bits per heavy atom. The van der Waals surface area contributed by atoms with Gasteiger partial charge >= 0.3 is 0 Å². The standard InChI is InChI=1S/C12H16O3/c1-8-5-10(7-9(2)13)12(15-4)11(6-8)14-3/h5-6H,7H2,1-4H3. The van der Waals surface area contributed by atoms with Crippen LogP contribution in [-0.2, 0) is 11.2 Å². The van der Waals surface area contributed by atoms with Crippen molar-refractivity contribution in [3.05, 3.63) is 23.3 Å². The van der Waals surface area contributed by atoms with E-state index in [0.717, 1.165) is 11.1 Å². The maximum Gasteiger partial charge on any atom is 0.164 e. The van der Waals surface area contributed by atoms with Crippen LogP contribution in [0.2, 0.25) is 0 Å². The summed E-state index contributed by atoms with van der Waals surface area (Å²) in [7, 11) is 3.17. The molecule has 0 heterocycles. The Bertz CT molecular complexity index is 369. The zero-order valence-corrected chi connectivity index (χ0v) is 9.59. The first kappa shape index (κ1) is 11.6. The lowest BCUT2D eigenvalue weighted by Crippen LogP contribution is -2.02. The number of carbonyl (C=O) groups is 1. The van der Waals surface area contributed by atoms with Gasteiger partial charge in [0.25, 0.3) is 0 Å². The minimum Gasteiger partial charge on any atom is -0.493 e. The van der Waals surface area contributed by atoms with Gasteiger partial charge in [-0.2, -0.15) is 0 Å². The van der Waals surface area contributed by atoms with E-state index in [2.05, 4.69) is 0 Å². The van der Waals surface area contributed by atoms with Gasteiger partial charge in [-0.3, -0.25) is 4.79 Å². The lowest BCUT2D eigenvalue weighted by atomic mass is 10.0. The molecule has 3 heteroatoms. The third kappa shape index (κ3) is 2.72. The van der Waals surface area contributed by atoms with Crippen molar-refractivity contribution >= 4 is 5.78 Å². The molecule has 82 valence electrons. The minimum atomic E-state index is 0.112. The highest BCUT2D eigenvalue weighted by atomic mass is 16.5. The van der Waals surface area contributed by atoms with E-state index in [1.54, 1.807) is 21.1 Å². The molecule has 0 radical (unpaired) electrons. The fourth-order valence-electron chi connectivity index (χ4n) is 1.60. The Kier molecular flexibility index (Phi) is 3.72. The minimum absolute atomic E-state index is 0.112. The lowest BCUT2D eigenvalue weighted by molar-refractivity contribution is -0.116. The normalized spacial score (nSPS) is 9.87. The van der Waals surface area contributed by atoms with E-state index < -0.39 is 0 Å². The molecule has 1 aromatic rings. The molecule has 0 bridgehead atoms. The quantitative estimate of drug-likeness (QED) is 0.760. The van der Waals surface area contributed by atoms with Crippen molar-refractivity contribution in [2.24, 2.45) is 0 Å². The molecule has 0 unspecified atom stereocenters. The molecule has 0 aliphatic carbocycles. The molecule has 0 fully saturated rings. The van der Waals surface area contributed by atoms with Gasteiger partial charge in [0.15, 0.2) is 11.5 Å². The van der Waals surface area contributed by atoms with Gasteiger partial charge in [-0.25, -0.2) is 0 Å². The van der Waals surface area contributed by atoms with E-state index in [0.29, 0.717) is 17.9 Å². The van der Waals surface area contributed by atoms with Crippen molar-refractivity contribution in [2.75, 3.05) is 14.2 Å². The molecule has 0 aromatic heterocycles. The Morgan fingerprint density at radius 3 is 2.40 bits per heavy atom. The SMILES string of the molecule is COc1cc(C)cc(CC(C)=O)c1OC. The fraction of sp³-hybridized carbons (Fsp3) is 0.417. The van der Waals surface area contributed by atoms with Crippen molar-refractivity contribution in [1.82, 2.24) is 0 Å². The number of benzene rings is 1. The van der Waals surface area contributed by atoms with E-state index in [1.165, 1.54) is 0 Å². The molecule has 0 amide bonds. The molecule has 0 spiro atoms. The predicted octanol–water partition coefficient (Wildman–Crippen LogP) is 2.14. The van der Waals surface area contributed by atoms with Gasteiger partial charge in [0.1, 0.15) is 5.78 Å². The first-order valence-electron chi connectivity index (χ1n) is 4.79. The molecule has 1 rings (SSSR count). The predicted molar refractivity (Wildman–Crippen MR) is 58.7 cm³/mol. The van der Waals surface area contributed by atoms with Gasteiger partial charge in [-0.05, 0) is 25.5 Å². The van der Waals surface area contributed by atoms with E-state index in [-0.39, 0.29) is 5.78 Å². The summed E-state index contributed by atoms with van der Waals surface area (Å²) in [6, 6.07) is 3.84. The van der Waals surface area contributed by atoms with Crippen LogP contribution in [0.15, 0.2) is 12.1 Å². The molecular weight excluding hydrogens is 192 g/mol. The monoisotopic (exact) mass is 208 g/mol. The van der Waals surface area contributed by atoms with Crippen LogP contribution < -0.4 is 9.47 Å². The van der Waals surface area contributed by atoms with Crippen LogP contribution in [0.4, 0.5) is 0 Å². The van der Waals surface area contributed by atoms with Crippen molar-refractivity contribution in [2.45, 2.75) is 20.3 Å². The molecule has 15 heavy (non-hydrogen) atoms. The van der Waals surface area contributed by atoms with Crippen LogP contribution in [0.5, 0.6) is 11.5 Å². The maximum atomic E-state index is 11.1. The maximum absolute atomic E-state index is 11.1. The van der Waals surface area contributed by atoms with Crippen LogP contribution in [0.3, 0.4) is 0 Å². The third-order valence-corrected chi connectivity index (χ3v) is 2.14. The first-order chi connectivity index (χ1) is 7.08. The summed E-state index contributed by atoms with van der Waals surface area (Å²) in [5, 5.41) is 0. The lowest BCUT2D eigenvalue weighted by Gasteiger charge is -2.13. The Hall–Kier alpha value is -1.51. The Balaban J connectivity index is 3.22. The van der Waals surface area contributed by atoms with Crippen molar-refractivity contribution in [3.63, 3.8) is 0 Å². The number of ketones is 1. The molecule has 3 nitrogen and oxygen atoms in total. The average molecular weight is 208 g/mol. The van der Waals surface area contributed by atoms with Crippen molar-refractivity contribution in [1.29, 1.82) is 0 Å². The number of ether oxygens (including phenoxy) is 2. The molecule has 0 saturated carbocycles.